The fourth-order valence-corrected chi connectivity index (χ4v) is 2.65. The van der Waals surface area contributed by atoms with E-state index in [9.17, 15) is 0 Å². The molecule has 0 radical (unpaired) electrons. The van der Waals surface area contributed by atoms with Gasteiger partial charge in [0.25, 0.3) is 0 Å². The average Bonchev–Trinajstić information content (AvgIpc) is 2.97. The molecule has 1 saturated heterocycles. The van der Waals surface area contributed by atoms with E-state index < -0.39 is 0 Å². The highest BCUT2D eigenvalue weighted by molar-refractivity contribution is 6.32. The second kappa shape index (κ2) is 6.30. The number of anilines is 2. The predicted molar refractivity (Wildman–Crippen MR) is 82.0 cm³/mol. The van der Waals surface area contributed by atoms with Crippen molar-refractivity contribution >= 4 is 23.4 Å². The molecule has 0 spiro atoms. The molecule has 0 unspecified atom stereocenters. The molecule has 0 amide bonds. The Morgan fingerprint density at radius 1 is 1.19 bits per heavy atom. The van der Waals surface area contributed by atoms with Crippen LogP contribution in [0, 0.1) is 0 Å². The summed E-state index contributed by atoms with van der Waals surface area (Å²) in [5.74, 6) is 1.55. The molecule has 1 fully saturated rings. The largest absolute Gasteiger partial charge is 0.408 e. The molecule has 1 aliphatic heterocycles. The van der Waals surface area contributed by atoms with Gasteiger partial charge in [0.1, 0.15) is 5.82 Å². The summed E-state index contributed by atoms with van der Waals surface area (Å²) in [6, 6.07) is 4.33. The molecule has 7 heteroatoms. The number of aromatic nitrogens is 3. The third kappa shape index (κ3) is 3.10. The smallest absolute Gasteiger partial charge is 0.318 e. The summed E-state index contributed by atoms with van der Waals surface area (Å²) in [6.07, 6.45) is 3.60. The van der Waals surface area contributed by atoms with E-state index in [1.165, 1.54) is 0 Å². The third-order valence-corrected chi connectivity index (χ3v) is 3.80. The van der Waals surface area contributed by atoms with Crippen LogP contribution < -0.4 is 9.80 Å². The molecular formula is C14H18ClN5O. The molecule has 6 nitrogen and oxygen atoms in total. The second-order valence-corrected chi connectivity index (χ2v) is 5.42. The maximum absolute atomic E-state index is 6.19. The van der Waals surface area contributed by atoms with Gasteiger partial charge in [0.2, 0.25) is 5.89 Å². The minimum absolute atomic E-state index is 0.616. The molecular weight excluding hydrogens is 290 g/mol. The van der Waals surface area contributed by atoms with Gasteiger partial charge < -0.3 is 14.2 Å². The topological polar surface area (TPSA) is 58.3 Å². The van der Waals surface area contributed by atoms with Crippen molar-refractivity contribution in [2.24, 2.45) is 0 Å². The lowest BCUT2D eigenvalue weighted by Crippen LogP contribution is -2.47. The molecule has 2 aromatic heterocycles. The van der Waals surface area contributed by atoms with Crippen LogP contribution in [0.1, 0.15) is 19.2 Å². The highest BCUT2D eigenvalue weighted by Crippen LogP contribution is 2.24. The first kappa shape index (κ1) is 14.1. The molecule has 1 aliphatic rings. The number of hydrogen-bond acceptors (Lipinski definition) is 6. The minimum atomic E-state index is 0.616. The Bertz CT molecular complexity index is 595. The van der Waals surface area contributed by atoms with Crippen molar-refractivity contribution in [1.82, 2.24) is 15.2 Å². The van der Waals surface area contributed by atoms with Gasteiger partial charge in [-0.25, -0.2) is 4.98 Å². The van der Waals surface area contributed by atoms with Gasteiger partial charge in [0.05, 0.1) is 5.02 Å². The predicted octanol–water partition coefficient (Wildman–Crippen LogP) is 2.40. The lowest BCUT2D eigenvalue weighted by atomic mass is 10.3. The fraction of sp³-hybridized carbons (Fsp3) is 0.500. The number of pyridine rings is 1. The summed E-state index contributed by atoms with van der Waals surface area (Å²) in [5.41, 5.74) is 0. The van der Waals surface area contributed by atoms with Crippen LogP contribution in [-0.2, 0) is 6.42 Å². The van der Waals surface area contributed by atoms with Crippen molar-refractivity contribution in [2.75, 3.05) is 36.0 Å². The fourth-order valence-electron chi connectivity index (χ4n) is 2.41. The van der Waals surface area contributed by atoms with Crippen LogP contribution in [0.4, 0.5) is 11.8 Å². The quantitative estimate of drug-likeness (QED) is 0.864. The zero-order valence-corrected chi connectivity index (χ0v) is 12.8. The summed E-state index contributed by atoms with van der Waals surface area (Å²) in [7, 11) is 0. The van der Waals surface area contributed by atoms with Crippen LogP contribution in [0.3, 0.4) is 0 Å². The first-order chi connectivity index (χ1) is 10.3. The molecule has 0 N–H and O–H groups in total. The molecule has 0 aromatic carbocycles. The van der Waals surface area contributed by atoms with Gasteiger partial charge in [0.15, 0.2) is 0 Å². The summed E-state index contributed by atoms with van der Waals surface area (Å²) in [6.45, 7) is 5.41. The van der Waals surface area contributed by atoms with Crippen molar-refractivity contribution in [3.63, 3.8) is 0 Å². The van der Waals surface area contributed by atoms with Crippen molar-refractivity contribution in [3.8, 4) is 0 Å². The summed E-state index contributed by atoms with van der Waals surface area (Å²) in [5, 5.41) is 8.88. The molecule has 3 heterocycles. The normalized spacial score (nSPS) is 15.5. The van der Waals surface area contributed by atoms with Crippen LogP contribution in [-0.4, -0.2) is 41.4 Å². The molecule has 2 aromatic rings. The van der Waals surface area contributed by atoms with Crippen LogP contribution in [0.2, 0.25) is 5.02 Å². The lowest BCUT2D eigenvalue weighted by molar-refractivity contribution is 0.471. The average molecular weight is 308 g/mol. The monoisotopic (exact) mass is 307 g/mol. The van der Waals surface area contributed by atoms with Crippen LogP contribution in [0.15, 0.2) is 22.7 Å². The van der Waals surface area contributed by atoms with Crippen LogP contribution in [0.25, 0.3) is 0 Å². The second-order valence-electron chi connectivity index (χ2n) is 5.01. The Morgan fingerprint density at radius 3 is 2.67 bits per heavy atom. The molecule has 0 saturated carbocycles. The zero-order chi connectivity index (χ0) is 14.7. The Balaban J connectivity index is 1.63. The van der Waals surface area contributed by atoms with Gasteiger partial charge in [-0.1, -0.05) is 23.6 Å². The first-order valence-corrected chi connectivity index (χ1v) is 7.58. The van der Waals surface area contributed by atoms with E-state index in [-0.39, 0.29) is 0 Å². The highest BCUT2D eigenvalue weighted by Gasteiger charge is 2.23. The maximum atomic E-state index is 6.19. The Kier molecular flexibility index (Phi) is 4.24. The maximum Gasteiger partial charge on any atom is 0.318 e. The SMILES string of the molecule is CCCc1nnc(N2CCN(c3ncccc3Cl)CC2)o1. The van der Waals surface area contributed by atoms with E-state index in [4.69, 9.17) is 16.0 Å². The minimum Gasteiger partial charge on any atom is -0.408 e. The molecule has 0 atom stereocenters. The summed E-state index contributed by atoms with van der Waals surface area (Å²) < 4.78 is 5.67. The Labute approximate surface area is 128 Å². The van der Waals surface area contributed by atoms with E-state index in [0.717, 1.165) is 44.8 Å². The summed E-state index contributed by atoms with van der Waals surface area (Å²) in [4.78, 5) is 8.65. The van der Waals surface area contributed by atoms with Crippen molar-refractivity contribution in [1.29, 1.82) is 0 Å². The molecule has 21 heavy (non-hydrogen) atoms. The van der Waals surface area contributed by atoms with Gasteiger partial charge in [0, 0.05) is 38.8 Å². The third-order valence-electron chi connectivity index (χ3n) is 3.51. The van der Waals surface area contributed by atoms with Crippen molar-refractivity contribution < 1.29 is 4.42 Å². The van der Waals surface area contributed by atoms with Gasteiger partial charge in [-0.15, -0.1) is 5.10 Å². The molecule has 0 aliphatic carbocycles. The number of aryl methyl sites for hydroxylation is 1. The number of piperazine rings is 1. The molecule has 0 bridgehead atoms. The van der Waals surface area contributed by atoms with Crippen LogP contribution in [0.5, 0.6) is 0 Å². The number of hydrogen-bond donors (Lipinski definition) is 0. The number of nitrogens with zero attached hydrogens (tertiary/aromatic N) is 5. The van der Waals surface area contributed by atoms with Gasteiger partial charge in [-0.05, 0) is 18.6 Å². The Morgan fingerprint density at radius 2 is 1.95 bits per heavy atom. The Hall–Kier alpha value is -1.82. The van der Waals surface area contributed by atoms with Gasteiger partial charge in [-0.3, -0.25) is 0 Å². The van der Waals surface area contributed by atoms with Gasteiger partial charge in [-0.2, -0.15) is 0 Å². The van der Waals surface area contributed by atoms with E-state index in [1.807, 2.05) is 12.1 Å². The van der Waals surface area contributed by atoms with E-state index in [1.54, 1.807) is 6.20 Å². The molecule has 3 rings (SSSR count). The van der Waals surface area contributed by atoms with Crippen LogP contribution >= 0.6 is 11.6 Å². The van der Waals surface area contributed by atoms with E-state index in [0.29, 0.717) is 16.9 Å². The van der Waals surface area contributed by atoms with E-state index in [2.05, 4.69) is 31.9 Å². The number of halogens is 1. The van der Waals surface area contributed by atoms with Crippen molar-refractivity contribution in [2.45, 2.75) is 19.8 Å². The van der Waals surface area contributed by atoms with E-state index >= 15 is 0 Å². The first-order valence-electron chi connectivity index (χ1n) is 7.20. The molecule has 112 valence electrons. The van der Waals surface area contributed by atoms with Gasteiger partial charge >= 0.3 is 6.01 Å². The number of rotatable bonds is 4. The highest BCUT2D eigenvalue weighted by atomic mass is 35.5. The standard InChI is InChI=1S/C14H18ClN5O/c1-2-4-12-17-18-14(21-12)20-9-7-19(8-10-20)13-11(15)5-3-6-16-13/h3,5-6H,2,4,7-10H2,1H3. The van der Waals surface area contributed by atoms with Crippen molar-refractivity contribution in [3.05, 3.63) is 29.2 Å². The summed E-state index contributed by atoms with van der Waals surface area (Å²) >= 11 is 6.19. The lowest BCUT2D eigenvalue weighted by Gasteiger charge is -2.34. The zero-order valence-electron chi connectivity index (χ0n) is 12.0.